The van der Waals surface area contributed by atoms with Crippen LogP contribution in [0.3, 0.4) is 0 Å². The Labute approximate surface area is 313 Å². The molecule has 310 valence electrons. The van der Waals surface area contributed by atoms with Crippen molar-refractivity contribution in [2.24, 2.45) is 10.8 Å². The third-order valence-corrected chi connectivity index (χ3v) is 6.81. The molecule has 0 aliphatic heterocycles. The van der Waals surface area contributed by atoms with Gasteiger partial charge in [0.2, 0.25) is 5.91 Å². The van der Waals surface area contributed by atoms with E-state index < -0.39 is 5.41 Å². The highest BCUT2D eigenvalue weighted by atomic mass is 16.6. The Hall–Kier alpha value is -1.34. The molecule has 52 heavy (non-hydrogen) atoms. The summed E-state index contributed by atoms with van der Waals surface area (Å²) in [7, 11) is 0. The topological polar surface area (TPSA) is 157 Å². The molecule has 0 aromatic rings. The second-order valence-electron chi connectivity index (χ2n) is 13.9. The van der Waals surface area contributed by atoms with Gasteiger partial charge < -0.3 is 62.2 Å². The molecule has 0 saturated heterocycles. The minimum Gasteiger partial charge on any atom is -0.379 e. The molecule has 0 aromatic carbocycles. The molecule has 0 saturated carbocycles. The van der Waals surface area contributed by atoms with Crippen molar-refractivity contribution in [2.75, 3.05) is 165 Å². The maximum Gasteiger partial charge on any atom is 0.246 e. The smallest absolute Gasteiger partial charge is 0.246 e. The Morgan fingerprint density at radius 1 is 0.385 bits per heavy atom. The highest BCUT2D eigenvalue weighted by Crippen LogP contribution is 2.20. The first-order chi connectivity index (χ1) is 25.0. The molecular weight excluding hydrogens is 682 g/mol. The molecule has 0 radical (unpaired) electrons. The van der Waals surface area contributed by atoms with Crippen LogP contribution >= 0.6 is 0 Å². The average molecular weight is 756 g/mol. The molecule has 0 unspecified atom stereocenters. The van der Waals surface area contributed by atoms with Crippen molar-refractivity contribution in [3.8, 4) is 0 Å². The molecule has 0 atom stereocenters. The largest absolute Gasteiger partial charge is 0.379 e. The fourth-order valence-electron chi connectivity index (χ4n) is 3.77. The fraction of sp³-hybridized carbons (Fsp3) is 0.946. The minimum atomic E-state index is -0.479. The van der Waals surface area contributed by atoms with Gasteiger partial charge in [0.15, 0.2) is 5.78 Å². The summed E-state index contributed by atoms with van der Waals surface area (Å²) in [4.78, 5) is 23.4. The molecule has 0 fully saturated rings. The molecule has 0 spiro atoms. The predicted molar refractivity (Wildman–Crippen MR) is 196 cm³/mol. The maximum atomic E-state index is 11.8. The standard InChI is InChI=1S/C37H73NO14/c1-36(2,3)8-7-10-41-12-14-43-16-18-45-20-22-47-24-26-49-28-30-51-31-29-50-27-25-48-23-21-46-19-17-44-15-13-42-11-9-38-35(40)33-52-32-34(39)37(4,5)6/h7-33H2,1-6H3,(H,38,40). The molecule has 0 aliphatic rings. The first-order valence-corrected chi connectivity index (χ1v) is 18.8. The van der Waals surface area contributed by atoms with Gasteiger partial charge in [-0.15, -0.1) is 0 Å². The number of hydrogen-bond acceptors (Lipinski definition) is 14. The van der Waals surface area contributed by atoms with E-state index in [2.05, 4.69) is 26.1 Å². The Morgan fingerprint density at radius 3 is 0.962 bits per heavy atom. The predicted octanol–water partition coefficient (Wildman–Crippen LogP) is 2.74. The molecule has 0 heterocycles. The first kappa shape index (κ1) is 50.7. The van der Waals surface area contributed by atoms with E-state index in [-0.39, 0.29) is 24.9 Å². The summed E-state index contributed by atoms with van der Waals surface area (Å²) in [6, 6.07) is 0. The number of rotatable bonds is 40. The third-order valence-electron chi connectivity index (χ3n) is 6.81. The van der Waals surface area contributed by atoms with Gasteiger partial charge in [0, 0.05) is 18.6 Å². The fourth-order valence-corrected chi connectivity index (χ4v) is 3.77. The van der Waals surface area contributed by atoms with Crippen molar-refractivity contribution >= 4 is 11.7 Å². The zero-order valence-electron chi connectivity index (χ0n) is 33.3. The lowest BCUT2D eigenvalue weighted by molar-refractivity contribution is -0.134. The monoisotopic (exact) mass is 756 g/mol. The van der Waals surface area contributed by atoms with Crippen molar-refractivity contribution in [1.82, 2.24) is 5.32 Å². The molecular formula is C37H73NO14. The third kappa shape index (κ3) is 41.4. The quantitative estimate of drug-likeness (QED) is 0.0911. The number of nitrogens with one attached hydrogen (secondary N) is 1. The zero-order valence-corrected chi connectivity index (χ0v) is 33.3. The number of carbonyl (C=O) groups is 2. The number of hydrogen-bond donors (Lipinski definition) is 1. The van der Waals surface area contributed by atoms with Crippen LogP contribution in [-0.4, -0.2) is 177 Å². The Balaban J connectivity index is 3.15. The molecule has 15 heteroatoms. The van der Waals surface area contributed by atoms with E-state index in [1.54, 1.807) is 0 Å². The van der Waals surface area contributed by atoms with Crippen LogP contribution in [0.1, 0.15) is 54.4 Å². The van der Waals surface area contributed by atoms with Crippen molar-refractivity contribution in [1.29, 1.82) is 0 Å². The summed E-state index contributed by atoms with van der Waals surface area (Å²) < 4.78 is 65.5. The van der Waals surface area contributed by atoms with Crippen LogP contribution in [0.2, 0.25) is 0 Å². The lowest BCUT2D eigenvalue weighted by atomic mass is 9.91. The van der Waals surface area contributed by atoms with Crippen molar-refractivity contribution in [3.05, 3.63) is 0 Å². The highest BCUT2D eigenvalue weighted by molar-refractivity contribution is 5.85. The second-order valence-corrected chi connectivity index (χ2v) is 13.9. The van der Waals surface area contributed by atoms with Gasteiger partial charge in [-0.3, -0.25) is 9.59 Å². The van der Waals surface area contributed by atoms with Crippen LogP contribution in [-0.2, 0) is 66.4 Å². The van der Waals surface area contributed by atoms with E-state index in [0.29, 0.717) is 151 Å². The lowest BCUT2D eigenvalue weighted by Crippen LogP contribution is -2.33. The van der Waals surface area contributed by atoms with E-state index in [9.17, 15) is 9.59 Å². The molecule has 0 aromatic heterocycles. The molecule has 0 bridgehead atoms. The van der Waals surface area contributed by atoms with Gasteiger partial charge in [0.25, 0.3) is 0 Å². The Morgan fingerprint density at radius 2 is 0.673 bits per heavy atom. The Kier molecular flexibility index (Phi) is 35.7. The SMILES string of the molecule is CC(C)(C)CCCOCCOCCOCCOCCOCCOCCOCCOCCOCCOCCOCCNC(=O)COCC(=O)C(C)(C)C. The van der Waals surface area contributed by atoms with Gasteiger partial charge in [-0.1, -0.05) is 41.5 Å². The van der Waals surface area contributed by atoms with E-state index in [1.165, 1.54) is 0 Å². The average Bonchev–Trinajstić information content (AvgIpc) is 3.08. The van der Waals surface area contributed by atoms with Crippen LogP contribution in [0, 0.1) is 10.8 Å². The van der Waals surface area contributed by atoms with Gasteiger partial charge in [0.1, 0.15) is 13.2 Å². The molecule has 0 aliphatic carbocycles. The van der Waals surface area contributed by atoms with E-state index in [4.69, 9.17) is 56.8 Å². The Bertz CT molecular complexity index is 791. The van der Waals surface area contributed by atoms with Crippen LogP contribution < -0.4 is 5.32 Å². The van der Waals surface area contributed by atoms with Gasteiger partial charge in [-0.2, -0.15) is 0 Å². The van der Waals surface area contributed by atoms with Crippen molar-refractivity contribution in [3.63, 3.8) is 0 Å². The minimum absolute atomic E-state index is 0.0465. The van der Waals surface area contributed by atoms with Gasteiger partial charge in [-0.25, -0.2) is 0 Å². The van der Waals surface area contributed by atoms with Crippen molar-refractivity contribution in [2.45, 2.75) is 54.4 Å². The van der Waals surface area contributed by atoms with Crippen LogP contribution in [0.4, 0.5) is 0 Å². The lowest BCUT2D eigenvalue weighted by Gasteiger charge is -2.17. The maximum absolute atomic E-state index is 11.8. The zero-order chi connectivity index (χ0) is 38.4. The summed E-state index contributed by atoms with van der Waals surface area (Å²) in [5.41, 5.74) is -0.119. The molecule has 0 rings (SSSR count). The number of ether oxygens (including phenoxy) is 12. The summed E-state index contributed by atoms with van der Waals surface area (Å²) >= 11 is 0. The van der Waals surface area contributed by atoms with Crippen molar-refractivity contribution < 1.29 is 66.4 Å². The highest BCUT2D eigenvalue weighted by Gasteiger charge is 2.21. The van der Waals surface area contributed by atoms with E-state index in [1.807, 2.05) is 20.8 Å². The van der Waals surface area contributed by atoms with Crippen LogP contribution in [0.25, 0.3) is 0 Å². The van der Waals surface area contributed by atoms with Gasteiger partial charge in [0.05, 0.1) is 139 Å². The van der Waals surface area contributed by atoms with E-state index in [0.717, 1.165) is 19.4 Å². The number of Topliss-reactive ketones (excluding diaryl/α,β-unsaturated/α-hetero) is 1. The molecule has 1 amide bonds. The normalized spacial score (nSPS) is 12.1. The number of carbonyl (C=O) groups excluding carboxylic acids is 2. The molecule has 1 N–H and O–H groups in total. The summed E-state index contributed by atoms with van der Waals surface area (Å²) in [5, 5.41) is 2.67. The van der Waals surface area contributed by atoms with Crippen LogP contribution in [0.5, 0.6) is 0 Å². The number of amides is 1. The molecule has 15 nitrogen and oxygen atoms in total. The van der Waals surface area contributed by atoms with Gasteiger partial charge in [-0.05, 0) is 18.3 Å². The first-order valence-electron chi connectivity index (χ1n) is 18.8. The van der Waals surface area contributed by atoms with E-state index >= 15 is 0 Å². The number of ketones is 1. The van der Waals surface area contributed by atoms with Crippen LogP contribution in [0.15, 0.2) is 0 Å². The summed E-state index contributed by atoms with van der Waals surface area (Å²) in [6.07, 6.45) is 2.24. The summed E-state index contributed by atoms with van der Waals surface area (Å²) in [5.74, 6) is -0.332. The van der Waals surface area contributed by atoms with Gasteiger partial charge >= 0.3 is 0 Å². The second kappa shape index (κ2) is 36.6. The summed E-state index contributed by atoms with van der Waals surface area (Å²) in [6.45, 7) is 23.5.